The SMILES string of the molecule is CC1CCCN(S(=O)(=O)c2ccc(NS(=O)(=O)c3ccc4c(c3)CCC4)cc2)C1. The van der Waals surface area contributed by atoms with Crippen LogP contribution in [-0.2, 0) is 32.9 Å². The average Bonchev–Trinajstić information content (AvgIpc) is 3.16. The fraction of sp³-hybridized carbons (Fsp3) is 0.429. The molecule has 1 aliphatic carbocycles. The van der Waals surface area contributed by atoms with Crippen LogP contribution < -0.4 is 4.72 Å². The summed E-state index contributed by atoms with van der Waals surface area (Å²) in [7, 11) is -7.28. The summed E-state index contributed by atoms with van der Waals surface area (Å²) in [6.45, 7) is 3.10. The van der Waals surface area contributed by atoms with Crippen LogP contribution in [0.1, 0.15) is 37.3 Å². The molecule has 0 bridgehead atoms. The highest BCUT2D eigenvalue weighted by molar-refractivity contribution is 7.92. The molecule has 156 valence electrons. The van der Waals surface area contributed by atoms with Gasteiger partial charge in [-0.2, -0.15) is 4.31 Å². The van der Waals surface area contributed by atoms with Gasteiger partial charge in [0.1, 0.15) is 0 Å². The van der Waals surface area contributed by atoms with E-state index < -0.39 is 20.0 Å². The van der Waals surface area contributed by atoms with Gasteiger partial charge >= 0.3 is 0 Å². The molecule has 6 nitrogen and oxygen atoms in total. The van der Waals surface area contributed by atoms with Crippen LogP contribution >= 0.6 is 0 Å². The van der Waals surface area contributed by atoms with Gasteiger partial charge < -0.3 is 0 Å². The lowest BCUT2D eigenvalue weighted by Gasteiger charge is -2.30. The van der Waals surface area contributed by atoms with Gasteiger partial charge in [-0.25, -0.2) is 16.8 Å². The molecule has 0 radical (unpaired) electrons. The van der Waals surface area contributed by atoms with Crippen molar-refractivity contribution in [1.29, 1.82) is 0 Å². The summed E-state index contributed by atoms with van der Waals surface area (Å²) in [4.78, 5) is 0.421. The van der Waals surface area contributed by atoms with Crippen molar-refractivity contribution in [1.82, 2.24) is 4.31 Å². The van der Waals surface area contributed by atoms with Gasteiger partial charge in [0, 0.05) is 18.8 Å². The van der Waals surface area contributed by atoms with Gasteiger partial charge in [-0.05, 0) is 85.5 Å². The number of rotatable bonds is 5. The average molecular weight is 435 g/mol. The maximum absolute atomic E-state index is 12.8. The monoisotopic (exact) mass is 434 g/mol. The second kappa shape index (κ2) is 7.74. The molecule has 0 amide bonds. The Morgan fingerprint density at radius 1 is 0.897 bits per heavy atom. The van der Waals surface area contributed by atoms with E-state index in [9.17, 15) is 16.8 Å². The molecule has 2 aromatic carbocycles. The van der Waals surface area contributed by atoms with E-state index in [-0.39, 0.29) is 9.79 Å². The quantitative estimate of drug-likeness (QED) is 0.782. The van der Waals surface area contributed by atoms with Crippen LogP contribution in [0.25, 0.3) is 0 Å². The minimum absolute atomic E-state index is 0.187. The summed E-state index contributed by atoms with van der Waals surface area (Å²) in [6.07, 6.45) is 4.85. The number of piperidine rings is 1. The highest BCUT2D eigenvalue weighted by Gasteiger charge is 2.28. The zero-order valence-corrected chi connectivity index (χ0v) is 18.1. The van der Waals surface area contributed by atoms with Crippen LogP contribution in [0.15, 0.2) is 52.3 Å². The van der Waals surface area contributed by atoms with E-state index in [0.29, 0.717) is 24.7 Å². The molecule has 8 heteroatoms. The topological polar surface area (TPSA) is 83.6 Å². The molecule has 1 aliphatic heterocycles. The summed E-state index contributed by atoms with van der Waals surface area (Å²) in [6, 6.07) is 11.2. The number of aryl methyl sites for hydroxylation is 2. The number of hydrogen-bond donors (Lipinski definition) is 1. The number of nitrogens with one attached hydrogen (secondary N) is 1. The fourth-order valence-electron chi connectivity index (χ4n) is 4.14. The Labute approximate surface area is 173 Å². The van der Waals surface area contributed by atoms with Gasteiger partial charge in [-0.1, -0.05) is 13.0 Å². The third-order valence-corrected chi connectivity index (χ3v) is 9.00. The second-order valence-electron chi connectivity index (χ2n) is 8.02. The van der Waals surface area contributed by atoms with Crippen LogP contribution in [-0.4, -0.2) is 34.2 Å². The van der Waals surface area contributed by atoms with Crippen LogP contribution in [0.2, 0.25) is 0 Å². The Balaban J connectivity index is 1.52. The Kier molecular flexibility index (Phi) is 5.44. The number of hydrogen-bond acceptors (Lipinski definition) is 4. The van der Waals surface area contributed by atoms with Crippen molar-refractivity contribution in [3.05, 3.63) is 53.6 Å². The standard InChI is InChI=1S/C21H26N2O4S2/c1-16-4-3-13-23(15-16)29(26,27)20-11-8-19(9-12-20)22-28(24,25)21-10-7-17-5-2-6-18(17)14-21/h7-12,14,16,22H,2-6,13,15H2,1H3. The third kappa shape index (κ3) is 4.20. The molecule has 0 spiro atoms. The van der Waals surface area contributed by atoms with Crippen LogP contribution in [0, 0.1) is 5.92 Å². The van der Waals surface area contributed by atoms with E-state index in [1.807, 2.05) is 6.07 Å². The van der Waals surface area contributed by atoms with Crippen molar-refractivity contribution in [2.24, 2.45) is 5.92 Å². The summed E-state index contributed by atoms with van der Waals surface area (Å²) < 4.78 is 55.2. The van der Waals surface area contributed by atoms with E-state index in [0.717, 1.165) is 37.7 Å². The number of nitrogens with zero attached hydrogens (tertiary/aromatic N) is 1. The van der Waals surface area contributed by atoms with E-state index in [1.165, 1.54) is 34.1 Å². The molecule has 4 rings (SSSR count). The summed E-state index contributed by atoms with van der Waals surface area (Å²) in [5, 5.41) is 0. The molecule has 0 saturated carbocycles. The van der Waals surface area contributed by atoms with E-state index >= 15 is 0 Å². The maximum Gasteiger partial charge on any atom is 0.261 e. The molecule has 1 N–H and O–H groups in total. The lowest BCUT2D eigenvalue weighted by atomic mass is 10.0. The summed E-state index contributed by atoms with van der Waals surface area (Å²) in [5.74, 6) is 0.344. The minimum atomic E-state index is -3.72. The molecule has 1 unspecified atom stereocenters. The zero-order chi connectivity index (χ0) is 20.6. The van der Waals surface area contributed by atoms with Gasteiger partial charge in [-0.15, -0.1) is 0 Å². The first-order valence-electron chi connectivity index (χ1n) is 10.0. The Hall–Kier alpha value is -1.90. The van der Waals surface area contributed by atoms with Gasteiger partial charge in [0.15, 0.2) is 0 Å². The molecule has 1 heterocycles. The van der Waals surface area contributed by atoms with Crippen LogP contribution in [0.4, 0.5) is 5.69 Å². The first-order valence-corrected chi connectivity index (χ1v) is 12.9. The van der Waals surface area contributed by atoms with E-state index in [2.05, 4.69) is 11.6 Å². The van der Waals surface area contributed by atoms with Crippen molar-refractivity contribution in [3.8, 4) is 0 Å². The van der Waals surface area contributed by atoms with E-state index in [4.69, 9.17) is 0 Å². The normalized spacial score (nSPS) is 20.4. The lowest BCUT2D eigenvalue weighted by molar-refractivity contribution is 0.281. The second-order valence-corrected chi connectivity index (χ2v) is 11.6. The Bertz CT molecular complexity index is 1110. The molecule has 29 heavy (non-hydrogen) atoms. The van der Waals surface area contributed by atoms with Crippen LogP contribution in [0.3, 0.4) is 0 Å². The largest absolute Gasteiger partial charge is 0.280 e. The molecule has 1 fully saturated rings. The lowest BCUT2D eigenvalue weighted by Crippen LogP contribution is -2.39. The first kappa shape index (κ1) is 20.4. The van der Waals surface area contributed by atoms with Gasteiger partial charge in [-0.3, -0.25) is 4.72 Å². The molecular formula is C21H26N2O4S2. The number of sulfonamides is 2. The van der Waals surface area contributed by atoms with Gasteiger partial charge in [0.2, 0.25) is 10.0 Å². The molecule has 2 aliphatic rings. The Morgan fingerprint density at radius 3 is 2.31 bits per heavy atom. The van der Waals surface area contributed by atoms with E-state index in [1.54, 1.807) is 12.1 Å². The number of anilines is 1. The minimum Gasteiger partial charge on any atom is -0.280 e. The highest BCUT2D eigenvalue weighted by atomic mass is 32.2. The predicted octanol–water partition coefficient (Wildman–Crippen LogP) is 3.40. The third-order valence-electron chi connectivity index (χ3n) is 5.74. The van der Waals surface area contributed by atoms with Crippen molar-refractivity contribution in [2.45, 2.75) is 48.8 Å². The number of benzene rings is 2. The van der Waals surface area contributed by atoms with Crippen LogP contribution in [0.5, 0.6) is 0 Å². The highest BCUT2D eigenvalue weighted by Crippen LogP contribution is 2.27. The molecule has 0 aromatic heterocycles. The van der Waals surface area contributed by atoms with Gasteiger partial charge in [0.05, 0.1) is 9.79 Å². The zero-order valence-electron chi connectivity index (χ0n) is 16.5. The molecule has 2 aromatic rings. The fourth-order valence-corrected chi connectivity index (χ4v) is 6.85. The Morgan fingerprint density at radius 2 is 1.59 bits per heavy atom. The first-order chi connectivity index (χ1) is 13.8. The van der Waals surface area contributed by atoms with Crippen molar-refractivity contribution in [3.63, 3.8) is 0 Å². The smallest absolute Gasteiger partial charge is 0.261 e. The molecular weight excluding hydrogens is 408 g/mol. The van der Waals surface area contributed by atoms with Crippen molar-refractivity contribution < 1.29 is 16.8 Å². The maximum atomic E-state index is 12.8. The summed E-state index contributed by atoms with van der Waals surface area (Å²) in [5.41, 5.74) is 2.65. The molecule has 1 saturated heterocycles. The number of fused-ring (bicyclic) bond motifs is 1. The summed E-state index contributed by atoms with van der Waals surface area (Å²) >= 11 is 0. The predicted molar refractivity (Wildman–Crippen MR) is 113 cm³/mol. The van der Waals surface area contributed by atoms with Crippen molar-refractivity contribution >= 4 is 25.7 Å². The molecule has 1 atom stereocenters. The van der Waals surface area contributed by atoms with Crippen molar-refractivity contribution in [2.75, 3.05) is 17.8 Å². The van der Waals surface area contributed by atoms with Gasteiger partial charge in [0.25, 0.3) is 10.0 Å².